The minimum Gasteiger partial charge on any atom is -0.375 e. The quantitative estimate of drug-likeness (QED) is 0.524. The van der Waals surface area contributed by atoms with Gasteiger partial charge in [-0.1, -0.05) is 22.6 Å². The molecule has 1 nitrogen and oxygen atoms in total. The van der Waals surface area contributed by atoms with Crippen LogP contribution < -0.4 is 0 Å². The van der Waals surface area contributed by atoms with E-state index in [2.05, 4.69) is 29.5 Å². The van der Waals surface area contributed by atoms with Crippen LogP contribution in [0.5, 0.6) is 0 Å². The molecule has 0 spiro atoms. The number of hydrogen-bond donors (Lipinski definition) is 0. The van der Waals surface area contributed by atoms with Gasteiger partial charge >= 0.3 is 0 Å². The molecular formula is C9H15IO. The zero-order chi connectivity index (χ0) is 7.95. The molecule has 64 valence electrons. The van der Waals surface area contributed by atoms with E-state index in [1.54, 1.807) is 0 Å². The predicted molar refractivity (Wildman–Crippen MR) is 54.1 cm³/mol. The van der Waals surface area contributed by atoms with Crippen LogP contribution in [0, 0.1) is 5.41 Å². The maximum Gasteiger partial charge on any atom is 0.0655 e. The summed E-state index contributed by atoms with van der Waals surface area (Å²) in [5, 5.41) is 0. The van der Waals surface area contributed by atoms with Gasteiger partial charge in [-0.3, -0.25) is 0 Å². The highest BCUT2D eigenvalue weighted by Crippen LogP contribution is 2.49. The molecule has 0 aromatic rings. The number of hydrogen-bond acceptors (Lipinski definition) is 1. The van der Waals surface area contributed by atoms with Crippen LogP contribution in [0.25, 0.3) is 0 Å². The zero-order valence-electron chi connectivity index (χ0n) is 7.03. The fourth-order valence-electron chi connectivity index (χ4n) is 2.10. The summed E-state index contributed by atoms with van der Waals surface area (Å²) in [6, 6.07) is 0. The molecule has 1 aliphatic carbocycles. The van der Waals surface area contributed by atoms with Crippen molar-refractivity contribution in [1.29, 1.82) is 0 Å². The van der Waals surface area contributed by atoms with Gasteiger partial charge in [-0.2, -0.15) is 0 Å². The monoisotopic (exact) mass is 266 g/mol. The minimum atomic E-state index is 0.257. The molecule has 0 atom stereocenters. The minimum absolute atomic E-state index is 0.257. The first-order valence-corrected chi connectivity index (χ1v) is 5.91. The van der Waals surface area contributed by atoms with Crippen LogP contribution in [0.15, 0.2) is 0 Å². The second kappa shape index (κ2) is 2.59. The van der Waals surface area contributed by atoms with E-state index in [1.165, 1.54) is 30.1 Å². The van der Waals surface area contributed by atoms with Crippen molar-refractivity contribution in [2.75, 3.05) is 11.0 Å². The molecule has 2 aliphatic heterocycles. The molecule has 1 saturated carbocycles. The van der Waals surface area contributed by atoms with Gasteiger partial charge < -0.3 is 4.74 Å². The Labute approximate surface area is 82.0 Å². The lowest BCUT2D eigenvalue weighted by Crippen LogP contribution is -2.50. The van der Waals surface area contributed by atoms with Gasteiger partial charge in [0.25, 0.3) is 0 Å². The van der Waals surface area contributed by atoms with Crippen LogP contribution in [0.2, 0.25) is 0 Å². The van der Waals surface area contributed by atoms with Gasteiger partial charge in [-0.05, 0) is 32.6 Å². The van der Waals surface area contributed by atoms with E-state index in [9.17, 15) is 0 Å². The summed E-state index contributed by atoms with van der Waals surface area (Å²) in [5.74, 6) is 0. The van der Waals surface area contributed by atoms with Crippen LogP contribution in [0.1, 0.15) is 32.6 Å². The van der Waals surface area contributed by atoms with Crippen LogP contribution >= 0.6 is 22.6 Å². The Morgan fingerprint density at radius 1 is 1.27 bits per heavy atom. The Morgan fingerprint density at radius 2 is 1.91 bits per heavy atom. The number of alkyl halides is 1. The lowest BCUT2D eigenvalue weighted by molar-refractivity contribution is -0.164. The van der Waals surface area contributed by atoms with Crippen molar-refractivity contribution in [3.05, 3.63) is 0 Å². The van der Waals surface area contributed by atoms with Crippen molar-refractivity contribution in [2.45, 2.75) is 38.2 Å². The average Bonchev–Trinajstić information content (AvgIpc) is 2.07. The molecule has 0 amide bonds. The first kappa shape index (κ1) is 8.30. The highest BCUT2D eigenvalue weighted by molar-refractivity contribution is 14.1. The van der Waals surface area contributed by atoms with E-state index >= 15 is 0 Å². The second-order valence-corrected chi connectivity index (χ2v) is 5.14. The summed E-state index contributed by atoms with van der Waals surface area (Å²) in [6.45, 7) is 3.29. The molecule has 2 heterocycles. The van der Waals surface area contributed by atoms with E-state index < -0.39 is 0 Å². The van der Waals surface area contributed by atoms with Crippen molar-refractivity contribution >= 4 is 22.6 Å². The summed E-state index contributed by atoms with van der Waals surface area (Å²) in [6.07, 6.45) is 5.37. The lowest BCUT2D eigenvalue weighted by Gasteiger charge is -2.51. The molecule has 3 fully saturated rings. The van der Waals surface area contributed by atoms with Crippen molar-refractivity contribution in [3.63, 3.8) is 0 Å². The highest BCUT2D eigenvalue weighted by Gasteiger charge is 2.46. The second-order valence-electron chi connectivity index (χ2n) is 4.37. The average molecular weight is 266 g/mol. The number of halogens is 1. The van der Waals surface area contributed by atoms with E-state index in [1.807, 2.05) is 0 Å². The van der Waals surface area contributed by atoms with Crippen molar-refractivity contribution in [3.8, 4) is 0 Å². The molecule has 0 radical (unpaired) electrons. The molecule has 3 rings (SSSR count). The third-order valence-electron chi connectivity index (χ3n) is 3.38. The largest absolute Gasteiger partial charge is 0.375 e. The van der Waals surface area contributed by atoms with Gasteiger partial charge in [0.05, 0.1) is 12.2 Å². The van der Waals surface area contributed by atoms with Crippen LogP contribution in [-0.2, 0) is 4.74 Å². The van der Waals surface area contributed by atoms with E-state index in [4.69, 9.17) is 4.74 Å². The van der Waals surface area contributed by atoms with Crippen molar-refractivity contribution in [2.24, 2.45) is 5.41 Å². The van der Waals surface area contributed by atoms with Gasteiger partial charge in [0.2, 0.25) is 0 Å². The molecule has 2 saturated heterocycles. The fraction of sp³-hybridized carbons (Fsp3) is 1.00. The maximum absolute atomic E-state index is 5.85. The molecule has 2 bridgehead atoms. The molecule has 11 heavy (non-hydrogen) atoms. The summed E-state index contributed by atoms with van der Waals surface area (Å²) < 4.78 is 7.13. The first-order valence-electron chi connectivity index (χ1n) is 4.38. The molecule has 0 unspecified atom stereocenters. The molecule has 0 N–H and O–H groups in total. The van der Waals surface area contributed by atoms with Crippen molar-refractivity contribution in [1.82, 2.24) is 0 Å². The number of ether oxygens (including phenoxy) is 1. The third kappa shape index (κ3) is 1.32. The van der Waals surface area contributed by atoms with Crippen molar-refractivity contribution < 1.29 is 4.74 Å². The Hall–Kier alpha value is 0.690. The number of rotatable bonds is 1. The summed E-state index contributed by atoms with van der Waals surface area (Å²) >= 11 is 2.51. The van der Waals surface area contributed by atoms with E-state index in [0.717, 1.165) is 6.61 Å². The van der Waals surface area contributed by atoms with Crippen LogP contribution in [0.3, 0.4) is 0 Å². The smallest absolute Gasteiger partial charge is 0.0655 e. The van der Waals surface area contributed by atoms with E-state index in [-0.39, 0.29) is 5.60 Å². The Balaban J connectivity index is 2.12. The molecule has 0 aromatic carbocycles. The normalized spacial score (nSPS) is 49.6. The Kier molecular flexibility index (Phi) is 1.95. The van der Waals surface area contributed by atoms with Gasteiger partial charge in [-0.15, -0.1) is 0 Å². The lowest BCUT2D eigenvalue weighted by atomic mass is 9.68. The van der Waals surface area contributed by atoms with Crippen LogP contribution in [-0.4, -0.2) is 16.6 Å². The molecule has 3 aliphatic rings. The maximum atomic E-state index is 5.85. The summed E-state index contributed by atoms with van der Waals surface area (Å²) in [7, 11) is 0. The Bertz CT molecular complexity index is 142. The summed E-state index contributed by atoms with van der Waals surface area (Å²) in [5.41, 5.74) is 0.825. The third-order valence-corrected chi connectivity index (χ3v) is 5.00. The molecule has 0 aromatic heterocycles. The topological polar surface area (TPSA) is 9.23 Å². The Morgan fingerprint density at radius 3 is 2.27 bits per heavy atom. The highest BCUT2D eigenvalue weighted by atomic mass is 127. The van der Waals surface area contributed by atoms with E-state index in [0.29, 0.717) is 5.41 Å². The molecular weight excluding hydrogens is 251 g/mol. The summed E-state index contributed by atoms with van der Waals surface area (Å²) in [4.78, 5) is 0. The SMILES string of the molecule is CC12CCC(CI)(CC1)CO2. The van der Waals surface area contributed by atoms with Gasteiger partial charge in [0.1, 0.15) is 0 Å². The first-order chi connectivity index (χ1) is 5.18. The predicted octanol–water partition coefficient (Wildman–Crippen LogP) is 2.77. The van der Waals surface area contributed by atoms with Gasteiger partial charge in [-0.25, -0.2) is 0 Å². The molecule has 2 heteroatoms. The van der Waals surface area contributed by atoms with Gasteiger partial charge in [0.15, 0.2) is 0 Å². The number of fused-ring (bicyclic) bond motifs is 3. The fourth-order valence-corrected chi connectivity index (χ4v) is 3.08. The zero-order valence-corrected chi connectivity index (χ0v) is 9.19. The van der Waals surface area contributed by atoms with Crippen LogP contribution in [0.4, 0.5) is 0 Å². The standard InChI is InChI=1S/C9H15IO/c1-8-2-4-9(6-10,5-3-8)7-11-8/h2-7H2,1H3. The van der Waals surface area contributed by atoms with Gasteiger partial charge in [0, 0.05) is 9.84 Å².